The van der Waals surface area contributed by atoms with E-state index in [4.69, 9.17) is 28.5 Å². The van der Waals surface area contributed by atoms with E-state index >= 15 is 0 Å². The number of oxime groups is 1. The van der Waals surface area contributed by atoms with E-state index in [1.165, 1.54) is 32.2 Å². The van der Waals surface area contributed by atoms with Crippen LogP contribution in [0.15, 0.2) is 35.6 Å². The second-order valence-electron chi connectivity index (χ2n) is 22.5. The van der Waals surface area contributed by atoms with Gasteiger partial charge in [0.1, 0.15) is 35.8 Å². The maximum atomic E-state index is 14.6. The molecule has 1 aromatic carbocycles. The molecule has 0 saturated carbocycles. The van der Waals surface area contributed by atoms with Gasteiger partial charge in [0, 0.05) is 69.2 Å². The van der Waals surface area contributed by atoms with Gasteiger partial charge in [0.2, 0.25) is 0 Å². The summed E-state index contributed by atoms with van der Waals surface area (Å²) in [5.74, 6) is -3.66. The molecule has 5 N–H and O–H groups in total. The van der Waals surface area contributed by atoms with Crippen LogP contribution < -0.4 is 4.74 Å². The number of aromatic nitrogens is 3. The van der Waals surface area contributed by atoms with Crippen LogP contribution in [0.2, 0.25) is 0 Å². The molecule has 74 heavy (non-hydrogen) atoms. The van der Waals surface area contributed by atoms with Gasteiger partial charge in [0.25, 0.3) is 0 Å². The highest BCUT2D eigenvalue weighted by Crippen LogP contribution is 2.45. The van der Waals surface area contributed by atoms with Gasteiger partial charge < -0.3 is 68.6 Å². The van der Waals surface area contributed by atoms with Crippen molar-refractivity contribution in [3.8, 4) is 5.75 Å². The summed E-state index contributed by atoms with van der Waals surface area (Å²) in [6.45, 7) is 18.8. The Balaban J connectivity index is 1.22. The van der Waals surface area contributed by atoms with Gasteiger partial charge in [-0.25, -0.2) is 4.68 Å². The van der Waals surface area contributed by atoms with Crippen molar-refractivity contribution in [2.75, 3.05) is 34.3 Å². The molecule has 0 bridgehead atoms. The Morgan fingerprint density at radius 1 is 1.00 bits per heavy atom. The number of benzene rings is 1. The molecular formula is C52H83F3N6O13. The minimum Gasteiger partial charge on any atom is -0.459 e. The quantitative estimate of drug-likeness (QED) is 0.174. The number of rotatable bonds is 13. The van der Waals surface area contributed by atoms with Crippen molar-refractivity contribution in [2.45, 2.75) is 211 Å². The summed E-state index contributed by atoms with van der Waals surface area (Å²) in [4.78, 5) is 24.1. The number of aliphatic hydroxyl groups excluding tert-OH is 3. The minimum absolute atomic E-state index is 0.162. The van der Waals surface area contributed by atoms with E-state index in [0.29, 0.717) is 49.3 Å². The number of nitrogens with zero attached hydrogens (tertiary/aromatic N) is 6. The molecule has 1 unspecified atom stereocenters. The molecule has 0 radical (unpaired) electrons. The Labute approximate surface area is 433 Å². The second-order valence-corrected chi connectivity index (χ2v) is 22.5. The lowest BCUT2D eigenvalue weighted by atomic mass is 9.68. The maximum absolute atomic E-state index is 14.6. The van der Waals surface area contributed by atoms with Gasteiger partial charge in [0.15, 0.2) is 12.4 Å². The number of carbonyl (C=O) groups is 1. The summed E-state index contributed by atoms with van der Waals surface area (Å²) < 4.78 is 76.3. The van der Waals surface area contributed by atoms with Gasteiger partial charge in [-0.15, -0.1) is 18.3 Å². The van der Waals surface area contributed by atoms with Crippen LogP contribution in [0, 0.1) is 23.7 Å². The SMILES string of the molecule is CC[C@H]1OC(=O)[C@H](C)[C@@H](C2C[C@@](C)(OC)[C@@H](O)[C@H](C)O2)[C@H](C)[C@@H](O[C@@H]2O[C@H](C)C[C@H](N(C)CCc3cn(C[C@H]4CC(c5cccc(OC(F)(F)F)c5)=NO4)nn3)[C@H]2O)[C@](C)(O)C[C@@H](C)CN(C)[C@H](C)[C@@H](O)[C@]1(C)O. The predicted octanol–water partition coefficient (Wildman–Crippen LogP) is 4.47. The molecule has 0 spiro atoms. The molecule has 2 aromatic rings. The zero-order chi connectivity index (χ0) is 54.8. The van der Waals surface area contributed by atoms with Crippen LogP contribution in [-0.4, -0.2) is 193 Å². The number of carbonyl (C=O) groups excluding carboxylic acids is 1. The van der Waals surface area contributed by atoms with Crippen molar-refractivity contribution in [3.05, 3.63) is 41.7 Å². The minimum atomic E-state index is -4.82. The molecule has 0 amide bonds. The number of cyclic esters (lactones) is 1. The number of alkyl halides is 3. The van der Waals surface area contributed by atoms with Crippen LogP contribution in [0.5, 0.6) is 5.75 Å². The molecule has 4 aliphatic heterocycles. The van der Waals surface area contributed by atoms with Crippen molar-refractivity contribution in [1.29, 1.82) is 0 Å². The van der Waals surface area contributed by atoms with Crippen LogP contribution in [0.1, 0.15) is 113 Å². The molecule has 5 heterocycles. The molecule has 19 atom stereocenters. The van der Waals surface area contributed by atoms with E-state index in [0.717, 1.165) is 0 Å². The zero-order valence-electron chi connectivity index (χ0n) is 45.3. The summed E-state index contributed by atoms with van der Waals surface area (Å²) in [5.41, 5.74) is -2.96. The topological polar surface area (TPSA) is 232 Å². The summed E-state index contributed by atoms with van der Waals surface area (Å²) in [6, 6.07) is 4.51. The highest BCUT2D eigenvalue weighted by molar-refractivity contribution is 6.01. The molecule has 3 fully saturated rings. The van der Waals surface area contributed by atoms with Gasteiger partial charge >= 0.3 is 12.3 Å². The number of likely N-dealkylation sites (N-methyl/N-ethyl adjacent to an activating group) is 2. The molecule has 4 aliphatic rings. The number of ether oxygens (including phenoxy) is 6. The number of hydrogen-bond acceptors (Lipinski definition) is 18. The molecule has 22 heteroatoms. The van der Waals surface area contributed by atoms with Gasteiger partial charge in [0.05, 0.1) is 59.5 Å². The second kappa shape index (κ2) is 24.0. The van der Waals surface area contributed by atoms with Crippen molar-refractivity contribution >= 4 is 11.7 Å². The smallest absolute Gasteiger partial charge is 0.459 e. The van der Waals surface area contributed by atoms with Crippen LogP contribution >= 0.6 is 0 Å². The summed E-state index contributed by atoms with van der Waals surface area (Å²) in [5, 5.41) is 72.8. The first-order valence-corrected chi connectivity index (χ1v) is 26.1. The van der Waals surface area contributed by atoms with E-state index in [-0.39, 0.29) is 37.5 Å². The van der Waals surface area contributed by atoms with E-state index in [1.807, 2.05) is 44.7 Å². The average Bonchev–Trinajstić information content (AvgIpc) is 3.99. The first kappa shape index (κ1) is 59.7. The van der Waals surface area contributed by atoms with E-state index < -0.39 is 120 Å². The Hall–Kier alpha value is -3.55. The molecular weight excluding hydrogens is 974 g/mol. The van der Waals surface area contributed by atoms with Gasteiger partial charge in [-0.2, -0.15) is 0 Å². The van der Waals surface area contributed by atoms with E-state index in [1.54, 1.807) is 58.5 Å². The number of hydrogen-bond donors (Lipinski definition) is 5. The maximum Gasteiger partial charge on any atom is 0.573 e. The van der Waals surface area contributed by atoms with E-state index in [2.05, 4.69) is 20.2 Å². The lowest BCUT2D eigenvalue weighted by Gasteiger charge is -2.51. The number of halogens is 3. The third-order valence-corrected chi connectivity index (χ3v) is 16.3. The summed E-state index contributed by atoms with van der Waals surface area (Å²) >= 11 is 0. The third-order valence-electron chi connectivity index (χ3n) is 16.3. The monoisotopic (exact) mass is 1060 g/mol. The Bertz CT molecular complexity index is 2190. The number of esters is 1. The summed E-state index contributed by atoms with van der Waals surface area (Å²) in [6.07, 6.45) is -10.5. The highest BCUT2D eigenvalue weighted by atomic mass is 19.4. The van der Waals surface area contributed by atoms with Crippen molar-refractivity contribution < 1.29 is 76.8 Å². The number of aliphatic hydroxyl groups is 5. The van der Waals surface area contributed by atoms with Gasteiger partial charge in [-0.3, -0.25) is 4.79 Å². The largest absolute Gasteiger partial charge is 0.573 e. The lowest BCUT2D eigenvalue weighted by molar-refractivity contribution is -0.302. The van der Waals surface area contributed by atoms with Crippen LogP contribution in [0.4, 0.5) is 13.2 Å². The molecule has 0 aliphatic carbocycles. The Kier molecular flexibility index (Phi) is 19.4. The molecule has 420 valence electrons. The zero-order valence-corrected chi connectivity index (χ0v) is 45.3. The van der Waals surface area contributed by atoms with Crippen molar-refractivity contribution in [1.82, 2.24) is 24.8 Å². The van der Waals surface area contributed by atoms with Crippen molar-refractivity contribution in [3.63, 3.8) is 0 Å². The van der Waals surface area contributed by atoms with Gasteiger partial charge in [-0.05, 0) is 98.9 Å². The van der Waals surface area contributed by atoms with E-state index in [9.17, 15) is 43.5 Å². The lowest BCUT2D eigenvalue weighted by Crippen LogP contribution is -2.62. The predicted molar refractivity (Wildman–Crippen MR) is 265 cm³/mol. The molecule has 19 nitrogen and oxygen atoms in total. The third kappa shape index (κ3) is 13.9. The van der Waals surface area contributed by atoms with Crippen LogP contribution in [0.25, 0.3) is 0 Å². The number of methoxy groups -OCH3 is 1. The fourth-order valence-electron chi connectivity index (χ4n) is 12.0. The molecule has 3 saturated heterocycles. The van der Waals surface area contributed by atoms with Crippen molar-refractivity contribution in [2.24, 2.45) is 28.8 Å². The summed E-state index contributed by atoms with van der Waals surface area (Å²) in [7, 11) is 5.23. The standard InChI is InChI=1S/C52H83F3N6O13/c1-14-41-51(10,67)44(63)32(6)60(12)25-28(2)23-49(8,66)46(30(4)42(31(5)47(65)71-41)40-24-50(9,68-13)45(64)33(7)70-40)72-48-43(62)39(20-29(3)69-48)59(11)19-18-35-26-61(58-56-35)27-37-22-38(57-74-37)34-16-15-17-36(21-34)73-52(53,54)55/h15-17,21,26,28-33,37,39-46,48,62-64,66-67H,14,18-20,22-25,27H2,1-13H3/t28-,29-,30+,31-,32-,33+,37-,39+,40?,41-,42+,43-,44-,45+,46-,48+,49-,50-,51-/m1/s1. The Morgan fingerprint density at radius 2 is 1.70 bits per heavy atom. The van der Waals surface area contributed by atoms with Crippen LogP contribution in [-0.2, 0) is 46.3 Å². The fourth-order valence-corrected chi connectivity index (χ4v) is 12.0. The first-order valence-electron chi connectivity index (χ1n) is 26.1. The van der Waals surface area contributed by atoms with Crippen LogP contribution in [0.3, 0.4) is 0 Å². The molecule has 1 aromatic heterocycles. The normalized spacial score (nSPS) is 40.5. The first-order chi connectivity index (χ1) is 34.5. The molecule has 6 rings (SSSR count). The average molecular weight is 1060 g/mol. The fraction of sp³-hybridized carbons (Fsp3) is 0.808. The Morgan fingerprint density at radius 3 is 2.36 bits per heavy atom. The van der Waals surface area contributed by atoms with Gasteiger partial charge in [-0.1, -0.05) is 50.2 Å². The highest BCUT2D eigenvalue weighted by Gasteiger charge is 2.55.